The Morgan fingerprint density at radius 2 is 2.00 bits per heavy atom. The molecule has 1 atom stereocenters. The van der Waals surface area contributed by atoms with Crippen LogP contribution in [0.1, 0.15) is 23.1 Å². The Labute approximate surface area is 118 Å². The Morgan fingerprint density at radius 1 is 1.21 bits per heavy atom. The zero-order valence-corrected chi connectivity index (χ0v) is 11.6. The highest BCUT2D eigenvalue weighted by molar-refractivity contribution is 6.31. The van der Waals surface area contributed by atoms with Crippen LogP contribution in [0.5, 0.6) is 0 Å². The third kappa shape index (κ3) is 4.03. The molecule has 2 rings (SSSR count). The molecule has 0 bridgehead atoms. The van der Waals surface area contributed by atoms with Crippen LogP contribution in [-0.2, 0) is 6.54 Å². The van der Waals surface area contributed by atoms with E-state index in [-0.39, 0.29) is 0 Å². The molecule has 3 nitrogen and oxygen atoms in total. The number of aliphatic hydroxyl groups is 1. The lowest BCUT2D eigenvalue weighted by atomic mass is 10.1. The lowest BCUT2D eigenvalue weighted by Gasteiger charge is -2.13. The van der Waals surface area contributed by atoms with E-state index in [1.165, 1.54) is 0 Å². The summed E-state index contributed by atoms with van der Waals surface area (Å²) >= 11 is 6.04. The van der Waals surface area contributed by atoms with Gasteiger partial charge in [-0.15, -0.1) is 0 Å². The van der Waals surface area contributed by atoms with E-state index < -0.39 is 6.10 Å². The first-order valence-electron chi connectivity index (χ1n) is 6.22. The molecule has 100 valence electrons. The molecule has 0 radical (unpaired) electrons. The van der Waals surface area contributed by atoms with Gasteiger partial charge in [0, 0.05) is 29.4 Å². The summed E-state index contributed by atoms with van der Waals surface area (Å²) in [5, 5.41) is 13.8. The van der Waals surface area contributed by atoms with Crippen LogP contribution in [-0.4, -0.2) is 16.6 Å². The first-order valence-corrected chi connectivity index (χ1v) is 6.60. The van der Waals surface area contributed by atoms with Crippen molar-refractivity contribution in [1.82, 2.24) is 10.3 Å². The summed E-state index contributed by atoms with van der Waals surface area (Å²) in [7, 11) is 0. The quantitative estimate of drug-likeness (QED) is 0.883. The first-order chi connectivity index (χ1) is 9.16. The van der Waals surface area contributed by atoms with Gasteiger partial charge in [0.25, 0.3) is 0 Å². The summed E-state index contributed by atoms with van der Waals surface area (Å²) in [5.41, 5.74) is 2.70. The highest BCUT2D eigenvalue weighted by atomic mass is 35.5. The van der Waals surface area contributed by atoms with Gasteiger partial charge < -0.3 is 10.4 Å². The molecule has 19 heavy (non-hydrogen) atoms. The smallest absolute Gasteiger partial charge is 0.0928 e. The molecule has 4 heteroatoms. The number of hydrogen-bond donors (Lipinski definition) is 2. The predicted molar refractivity (Wildman–Crippen MR) is 77.1 cm³/mol. The third-order valence-electron chi connectivity index (χ3n) is 2.85. The van der Waals surface area contributed by atoms with E-state index >= 15 is 0 Å². The predicted octanol–water partition coefficient (Wildman–Crippen LogP) is 2.87. The fourth-order valence-electron chi connectivity index (χ4n) is 1.89. The largest absolute Gasteiger partial charge is 0.387 e. The Bertz CT molecular complexity index is 545. The number of halogens is 1. The molecular weight excluding hydrogens is 260 g/mol. The number of hydrogen-bond acceptors (Lipinski definition) is 3. The maximum absolute atomic E-state index is 10.1. The molecule has 1 aromatic heterocycles. The molecule has 1 aromatic carbocycles. The van der Waals surface area contributed by atoms with E-state index in [1.54, 1.807) is 6.07 Å². The Balaban J connectivity index is 1.88. The fraction of sp³-hybridized carbons (Fsp3) is 0.267. The lowest BCUT2D eigenvalue weighted by molar-refractivity contribution is 0.174. The number of nitrogens with zero attached hydrogens (tertiary/aromatic N) is 1. The summed E-state index contributed by atoms with van der Waals surface area (Å²) in [6.45, 7) is 3.03. The minimum absolute atomic E-state index is 0.444. The third-order valence-corrected chi connectivity index (χ3v) is 3.20. The van der Waals surface area contributed by atoms with Crippen molar-refractivity contribution in [3.05, 3.63) is 64.4 Å². The molecule has 0 aliphatic heterocycles. The van der Waals surface area contributed by atoms with E-state index in [2.05, 4.69) is 10.3 Å². The number of aliphatic hydroxyl groups excluding tert-OH is 1. The molecule has 1 heterocycles. The van der Waals surface area contributed by atoms with Gasteiger partial charge in [0.2, 0.25) is 0 Å². The second-order valence-corrected chi connectivity index (χ2v) is 4.85. The van der Waals surface area contributed by atoms with Gasteiger partial charge in [-0.3, -0.25) is 4.98 Å². The van der Waals surface area contributed by atoms with Crippen molar-refractivity contribution < 1.29 is 5.11 Å². The van der Waals surface area contributed by atoms with Crippen molar-refractivity contribution in [1.29, 1.82) is 0 Å². The van der Waals surface area contributed by atoms with Crippen molar-refractivity contribution in [3.63, 3.8) is 0 Å². The van der Waals surface area contributed by atoms with Gasteiger partial charge in [-0.2, -0.15) is 0 Å². The van der Waals surface area contributed by atoms with Crippen LogP contribution in [0, 0.1) is 6.92 Å². The van der Waals surface area contributed by atoms with Crippen molar-refractivity contribution in [2.24, 2.45) is 0 Å². The summed E-state index contributed by atoms with van der Waals surface area (Å²) in [5.74, 6) is 0. The molecule has 1 unspecified atom stereocenters. The van der Waals surface area contributed by atoms with Gasteiger partial charge >= 0.3 is 0 Å². The lowest BCUT2D eigenvalue weighted by Crippen LogP contribution is -2.21. The molecule has 0 aliphatic rings. The number of benzene rings is 1. The van der Waals surface area contributed by atoms with Crippen LogP contribution >= 0.6 is 11.6 Å². The fourth-order valence-corrected chi connectivity index (χ4v) is 2.15. The monoisotopic (exact) mass is 276 g/mol. The number of aromatic nitrogens is 1. The van der Waals surface area contributed by atoms with Gasteiger partial charge in [0.1, 0.15) is 0 Å². The van der Waals surface area contributed by atoms with Gasteiger partial charge in [-0.05, 0) is 25.1 Å². The number of aryl methyl sites for hydroxylation is 1. The van der Waals surface area contributed by atoms with Crippen molar-refractivity contribution in [3.8, 4) is 0 Å². The maximum atomic E-state index is 10.1. The second-order valence-electron chi connectivity index (χ2n) is 4.44. The van der Waals surface area contributed by atoms with Crippen LogP contribution < -0.4 is 5.32 Å². The topological polar surface area (TPSA) is 45.1 Å². The molecule has 0 amide bonds. The number of pyridine rings is 1. The first kappa shape index (κ1) is 14.0. The Kier molecular flexibility index (Phi) is 4.91. The summed E-state index contributed by atoms with van der Waals surface area (Å²) in [4.78, 5) is 4.39. The molecule has 0 fully saturated rings. The normalized spacial score (nSPS) is 12.4. The minimum Gasteiger partial charge on any atom is -0.387 e. The Morgan fingerprint density at radius 3 is 2.74 bits per heavy atom. The van der Waals surface area contributed by atoms with E-state index in [0.717, 1.165) is 17.0 Å². The van der Waals surface area contributed by atoms with Crippen LogP contribution in [0.15, 0.2) is 42.5 Å². The van der Waals surface area contributed by atoms with Crippen molar-refractivity contribution in [2.75, 3.05) is 6.54 Å². The Hall–Kier alpha value is -1.42. The zero-order chi connectivity index (χ0) is 13.7. The molecule has 2 aromatic rings. The van der Waals surface area contributed by atoms with E-state index in [1.807, 2.05) is 43.3 Å². The molecule has 0 aliphatic carbocycles. The minimum atomic E-state index is -0.612. The van der Waals surface area contributed by atoms with Crippen molar-refractivity contribution in [2.45, 2.75) is 19.6 Å². The average molecular weight is 277 g/mol. The molecular formula is C15H17ClN2O. The van der Waals surface area contributed by atoms with Crippen LogP contribution in [0.2, 0.25) is 5.02 Å². The SMILES string of the molecule is Cc1cccc(CNCC(O)c2ccccc2Cl)n1. The average Bonchev–Trinajstić information content (AvgIpc) is 2.39. The van der Waals surface area contributed by atoms with Crippen LogP contribution in [0.4, 0.5) is 0 Å². The van der Waals surface area contributed by atoms with E-state index in [0.29, 0.717) is 18.1 Å². The van der Waals surface area contributed by atoms with E-state index in [9.17, 15) is 5.11 Å². The van der Waals surface area contributed by atoms with Crippen molar-refractivity contribution >= 4 is 11.6 Å². The van der Waals surface area contributed by atoms with Gasteiger partial charge in [0.15, 0.2) is 0 Å². The second kappa shape index (κ2) is 6.66. The van der Waals surface area contributed by atoms with Gasteiger partial charge in [-0.25, -0.2) is 0 Å². The van der Waals surface area contributed by atoms with Gasteiger partial charge in [0.05, 0.1) is 11.8 Å². The highest BCUT2D eigenvalue weighted by Crippen LogP contribution is 2.21. The zero-order valence-electron chi connectivity index (χ0n) is 10.8. The molecule has 2 N–H and O–H groups in total. The molecule has 0 spiro atoms. The number of rotatable bonds is 5. The van der Waals surface area contributed by atoms with Crippen LogP contribution in [0.3, 0.4) is 0 Å². The highest BCUT2D eigenvalue weighted by Gasteiger charge is 2.10. The maximum Gasteiger partial charge on any atom is 0.0928 e. The molecule has 0 saturated carbocycles. The standard InChI is InChI=1S/C15H17ClN2O/c1-11-5-4-6-12(18-11)9-17-10-15(19)13-7-2-3-8-14(13)16/h2-8,15,17,19H,9-10H2,1H3. The number of nitrogens with one attached hydrogen (secondary N) is 1. The summed E-state index contributed by atoms with van der Waals surface area (Å²) in [6, 6.07) is 13.2. The summed E-state index contributed by atoms with van der Waals surface area (Å²) in [6.07, 6.45) is -0.612. The molecule has 0 saturated heterocycles. The van der Waals surface area contributed by atoms with E-state index in [4.69, 9.17) is 11.6 Å². The summed E-state index contributed by atoms with van der Waals surface area (Å²) < 4.78 is 0. The van der Waals surface area contributed by atoms with Gasteiger partial charge in [-0.1, -0.05) is 35.9 Å². The van der Waals surface area contributed by atoms with Crippen LogP contribution in [0.25, 0.3) is 0 Å².